The highest BCUT2D eigenvalue weighted by atomic mass is 32.1. The van der Waals surface area contributed by atoms with Gasteiger partial charge < -0.3 is 9.38 Å². The molecule has 0 amide bonds. The summed E-state index contributed by atoms with van der Waals surface area (Å²) >= 11 is 3.86. The second-order valence-electron chi connectivity index (χ2n) is 16.5. The Labute approximate surface area is 341 Å². The van der Waals surface area contributed by atoms with E-state index in [4.69, 9.17) is 0 Å². The molecule has 2 nitrogen and oxygen atoms in total. The fraction of sp³-hybridized carbons (Fsp3) is 0.115. The van der Waals surface area contributed by atoms with Gasteiger partial charge in [0.2, 0.25) is 0 Å². The highest BCUT2D eigenvalue weighted by Gasteiger charge is 2.44. The Hall–Kier alpha value is -5.88. The molecule has 0 radical (unpaired) electrons. The zero-order valence-electron chi connectivity index (χ0n) is 32.9. The van der Waals surface area contributed by atoms with Crippen LogP contribution in [0.15, 0.2) is 127 Å². The van der Waals surface area contributed by atoms with E-state index in [0.717, 1.165) is 0 Å². The number of hydrogen-bond donors (Lipinski definition) is 0. The number of thiophene rings is 2. The molecular weight excluding hydrogens is 728 g/mol. The van der Waals surface area contributed by atoms with Gasteiger partial charge in [-0.1, -0.05) is 96.1 Å². The number of aryl methyl sites for hydroxylation is 6. The summed E-state index contributed by atoms with van der Waals surface area (Å²) in [6.07, 6.45) is 0. The van der Waals surface area contributed by atoms with Gasteiger partial charge in [0, 0.05) is 69.2 Å². The van der Waals surface area contributed by atoms with E-state index in [0.29, 0.717) is 0 Å². The minimum atomic E-state index is 0.0354. The number of nitrogens with zero attached hydrogens (tertiary/aromatic N) is 2. The summed E-state index contributed by atoms with van der Waals surface area (Å²) < 4.78 is 5.44. The van der Waals surface area contributed by atoms with Crippen LogP contribution in [-0.4, -0.2) is 11.3 Å². The van der Waals surface area contributed by atoms with Crippen molar-refractivity contribution in [3.63, 3.8) is 0 Å². The molecule has 5 heterocycles. The van der Waals surface area contributed by atoms with E-state index < -0.39 is 0 Å². The van der Waals surface area contributed by atoms with E-state index in [1.54, 1.807) is 0 Å². The number of aromatic nitrogens is 1. The quantitative estimate of drug-likeness (QED) is 0.163. The average Bonchev–Trinajstić information content (AvgIpc) is 3.89. The highest BCUT2D eigenvalue weighted by molar-refractivity contribution is 7.27. The minimum Gasteiger partial charge on any atom is -0.375 e. The minimum absolute atomic E-state index is 0.0354. The van der Waals surface area contributed by atoms with E-state index in [-0.39, 0.29) is 6.85 Å². The normalized spacial score (nSPS) is 13.0. The zero-order chi connectivity index (χ0) is 38.4. The number of fused-ring (bicyclic) bond motifs is 11. The molecule has 272 valence electrons. The lowest BCUT2D eigenvalue weighted by Crippen LogP contribution is -2.55. The Morgan fingerprint density at radius 2 is 1.23 bits per heavy atom. The first kappa shape index (κ1) is 33.3. The maximum Gasteiger partial charge on any atom is 0.333 e. The fourth-order valence-corrected chi connectivity index (χ4v) is 13.2. The van der Waals surface area contributed by atoms with Gasteiger partial charge >= 0.3 is 6.85 Å². The van der Waals surface area contributed by atoms with Gasteiger partial charge in [0.1, 0.15) is 0 Å². The highest BCUT2D eigenvalue weighted by Crippen LogP contribution is 2.52. The lowest BCUT2D eigenvalue weighted by atomic mass is 9.46. The summed E-state index contributed by atoms with van der Waals surface area (Å²) in [7, 11) is 0. The second kappa shape index (κ2) is 11.8. The first-order chi connectivity index (χ1) is 27.7. The largest absolute Gasteiger partial charge is 0.375 e. The fourth-order valence-electron chi connectivity index (χ4n) is 10.8. The van der Waals surface area contributed by atoms with Crippen LogP contribution in [-0.2, 0) is 0 Å². The van der Waals surface area contributed by atoms with E-state index >= 15 is 0 Å². The maximum absolute atomic E-state index is 2.70. The van der Waals surface area contributed by atoms with Crippen molar-refractivity contribution in [1.82, 2.24) is 4.48 Å². The first-order valence-electron chi connectivity index (χ1n) is 19.9. The summed E-state index contributed by atoms with van der Waals surface area (Å²) in [6.45, 7) is 13.5. The topological polar surface area (TPSA) is 8.17 Å². The van der Waals surface area contributed by atoms with Gasteiger partial charge in [0.25, 0.3) is 0 Å². The van der Waals surface area contributed by atoms with Crippen molar-refractivity contribution in [2.75, 3.05) is 4.90 Å². The molecule has 2 aliphatic heterocycles. The summed E-state index contributed by atoms with van der Waals surface area (Å²) in [5.74, 6) is 0. The molecule has 0 N–H and O–H groups in total. The smallest absolute Gasteiger partial charge is 0.333 e. The monoisotopic (exact) mass is 766 g/mol. The molecule has 5 heteroatoms. The predicted octanol–water partition coefficient (Wildman–Crippen LogP) is 13.8. The molecule has 0 bridgehead atoms. The molecule has 3 aromatic heterocycles. The van der Waals surface area contributed by atoms with Gasteiger partial charge in [-0.05, 0) is 133 Å². The van der Waals surface area contributed by atoms with Crippen molar-refractivity contribution < 1.29 is 0 Å². The molecule has 0 aliphatic carbocycles. The third-order valence-electron chi connectivity index (χ3n) is 12.7. The standard InChI is InChI=1S/C52H39BN2S2/c1-28-20-30(3)46(31(4)21-28)34-12-11-13-36(24-34)54-43-25-35(47-32(5)22-29(2)23-33(47)6)18-19-41(43)53-49-44(54)27-56-52(49)40-26-39-37-14-8-10-17-45(37)57-51(39)48-38-15-7-9-16-42(38)55(53)50(40)48/h7-27H,1-6H3. The molecule has 7 aromatic carbocycles. The third kappa shape index (κ3) is 4.53. The third-order valence-corrected chi connectivity index (χ3v) is 15.0. The van der Waals surface area contributed by atoms with Crippen molar-refractivity contribution in [2.45, 2.75) is 41.5 Å². The van der Waals surface area contributed by atoms with Crippen molar-refractivity contribution in [2.24, 2.45) is 0 Å². The number of para-hydroxylation sites is 1. The Kier molecular flexibility index (Phi) is 6.91. The molecule has 2 aliphatic rings. The van der Waals surface area contributed by atoms with E-state index in [1.807, 2.05) is 22.7 Å². The molecule has 0 spiro atoms. The van der Waals surface area contributed by atoms with Crippen molar-refractivity contribution in [3.05, 3.63) is 160 Å². The van der Waals surface area contributed by atoms with Crippen LogP contribution in [0.3, 0.4) is 0 Å². The van der Waals surface area contributed by atoms with Crippen LogP contribution in [0.1, 0.15) is 33.4 Å². The molecule has 0 saturated heterocycles. The lowest BCUT2D eigenvalue weighted by Gasteiger charge is -2.38. The number of rotatable bonds is 3. The predicted molar refractivity (Wildman–Crippen MR) is 250 cm³/mol. The van der Waals surface area contributed by atoms with Crippen molar-refractivity contribution >= 4 is 99.5 Å². The van der Waals surface area contributed by atoms with Crippen LogP contribution in [0.25, 0.3) is 74.7 Å². The van der Waals surface area contributed by atoms with Gasteiger partial charge in [0.15, 0.2) is 0 Å². The van der Waals surface area contributed by atoms with Crippen LogP contribution in [0.5, 0.6) is 0 Å². The average molecular weight is 767 g/mol. The number of hydrogen-bond acceptors (Lipinski definition) is 3. The molecule has 12 rings (SSSR count). The maximum atomic E-state index is 2.70. The Balaban J connectivity index is 1.19. The lowest BCUT2D eigenvalue weighted by molar-refractivity contribution is 1.26. The van der Waals surface area contributed by atoms with Gasteiger partial charge in [-0.25, -0.2) is 0 Å². The van der Waals surface area contributed by atoms with Gasteiger partial charge in [0.05, 0.1) is 5.69 Å². The number of benzene rings is 7. The van der Waals surface area contributed by atoms with E-state index in [9.17, 15) is 0 Å². The first-order valence-corrected chi connectivity index (χ1v) is 21.6. The van der Waals surface area contributed by atoms with Crippen molar-refractivity contribution in [1.29, 1.82) is 0 Å². The van der Waals surface area contributed by atoms with Crippen LogP contribution in [0.2, 0.25) is 0 Å². The summed E-state index contributed by atoms with van der Waals surface area (Å²) in [4.78, 5) is 3.97. The van der Waals surface area contributed by atoms with Crippen LogP contribution < -0.4 is 15.8 Å². The molecule has 57 heavy (non-hydrogen) atoms. The van der Waals surface area contributed by atoms with Gasteiger partial charge in [-0.2, -0.15) is 0 Å². The van der Waals surface area contributed by atoms with E-state index in [1.165, 1.54) is 136 Å². The molecular formula is C52H39BN2S2. The second-order valence-corrected chi connectivity index (χ2v) is 18.4. The molecule has 0 atom stereocenters. The Morgan fingerprint density at radius 1 is 0.561 bits per heavy atom. The molecule has 0 unspecified atom stereocenters. The van der Waals surface area contributed by atoms with Crippen LogP contribution >= 0.6 is 22.7 Å². The number of anilines is 3. The zero-order valence-corrected chi connectivity index (χ0v) is 34.5. The van der Waals surface area contributed by atoms with Gasteiger partial charge in [-0.3, -0.25) is 0 Å². The summed E-state index contributed by atoms with van der Waals surface area (Å²) in [5.41, 5.74) is 23.5. The van der Waals surface area contributed by atoms with E-state index in [2.05, 4.69) is 178 Å². The van der Waals surface area contributed by atoms with Crippen molar-refractivity contribution in [3.8, 4) is 32.7 Å². The molecule has 0 saturated carbocycles. The van der Waals surface area contributed by atoms with Crippen LogP contribution in [0.4, 0.5) is 17.1 Å². The molecule has 10 aromatic rings. The summed E-state index contributed by atoms with van der Waals surface area (Å²) in [6, 6.07) is 46.5. The Morgan fingerprint density at radius 3 is 1.96 bits per heavy atom. The van der Waals surface area contributed by atoms with Gasteiger partial charge in [-0.15, -0.1) is 22.7 Å². The molecule has 0 fully saturated rings. The summed E-state index contributed by atoms with van der Waals surface area (Å²) in [5, 5.41) is 7.88. The SMILES string of the molecule is Cc1cc(C)c(-c2cccc(N3c4cc(-c5c(C)cc(C)cc5C)ccc4B4c5c3csc5-c3cc5c6ccccc6sc5c5c6ccccc6n4c35)c2)c(C)c1. The van der Waals surface area contributed by atoms with Crippen LogP contribution in [0, 0.1) is 41.5 Å². The Bertz CT molecular complexity index is 3350.